The summed E-state index contributed by atoms with van der Waals surface area (Å²) in [7, 11) is 0. The van der Waals surface area contributed by atoms with Crippen molar-refractivity contribution in [3.8, 4) is 5.75 Å². The van der Waals surface area contributed by atoms with E-state index < -0.39 is 5.91 Å². The molecule has 2 rings (SSSR count). The van der Waals surface area contributed by atoms with E-state index in [0.717, 1.165) is 16.9 Å². The Morgan fingerprint density at radius 2 is 1.64 bits per heavy atom. The number of aryl methyl sites for hydroxylation is 2. The third-order valence-electron chi connectivity index (χ3n) is 3.21. The van der Waals surface area contributed by atoms with E-state index in [-0.39, 0.29) is 12.5 Å². The van der Waals surface area contributed by atoms with E-state index in [1.54, 1.807) is 24.3 Å². The Labute approximate surface area is 129 Å². The number of carbonyl (C=O) groups is 2. The molecule has 0 aliphatic heterocycles. The molecule has 0 saturated carbocycles. The number of para-hydroxylation sites is 1. The lowest BCUT2D eigenvalue weighted by Crippen LogP contribution is -2.20. The number of hydrogen-bond donors (Lipinski definition) is 2. The van der Waals surface area contributed by atoms with Crippen LogP contribution in [0.3, 0.4) is 0 Å². The van der Waals surface area contributed by atoms with Crippen LogP contribution in [0.25, 0.3) is 0 Å². The van der Waals surface area contributed by atoms with Gasteiger partial charge in [-0.15, -0.1) is 0 Å². The quantitative estimate of drug-likeness (QED) is 0.889. The van der Waals surface area contributed by atoms with Gasteiger partial charge in [-0.2, -0.15) is 0 Å². The minimum Gasteiger partial charge on any atom is -0.483 e. The summed E-state index contributed by atoms with van der Waals surface area (Å²) >= 11 is 0. The first-order valence-electron chi connectivity index (χ1n) is 6.86. The topological polar surface area (TPSA) is 81.4 Å². The molecule has 0 aliphatic carbocycles. The number of nitrogens with one attached hydrogen (secondary N) is 1. The maximum Gasteiger partial charge on any atom is 0.262 e. The smallest absolute Gasteiger partial charge is 0.262 e. The molecule has 0 aromatic heterocycles. The summed E-state index contributed by atoms with van der Waals surface area (Å²) in [6.45, 7) is 3.79. The van der Waals surface area contributed by atoms with E-state index in [4.69, 9.17) is 10.5 Å². The predicted octanol–water partition coefficient (Wildman–Crippen LogP) is 2.42. The van der Waals surface area contributed by atoms with Gasteiger partial charge in [-0.25, -0.2) is 0 Å². The van der Waals surface area contributed by atoms with E-state index in [1.807, 2.05) is 32.0 Å². The Morgan fingerprint density at radius 1 is 1.05 bits per heavy atom. The molecule has 0 spiro atoms. The van der Waals surface area contributed by atoms with E-state index in [9.17, 15) is 9.59 Å². The van der Waals surface area contributed by atoms with Gasteiger partial charge >= 0.3 is 0 Å². The lowest BCUT2D eigenvalue weighted by atomic mass is 10.1. The summed E-state index contributed by atoms with van der Waals surface area (Å²) in [6.07, 6.45) is 0. The second-order valence-electron chi connectivity index (χ2n) is 5.00. The van der Waals surface area contributed by atoms with Crippen LogP contribution in [0.15, 0.2) is 42.5 Å². The molecule has 0 bridgehead atoms. The molecule has 2 amide bonds. The van der Waals surface area contributed by atoms with Crippen LogP contribution < -0.4 is 15.8 Å². The van der Waals surface area contributed by atoms with Crippen LogP contribution in [0, 0.1) is 13.8 Å². The number of hydrogen-bond acceptors (Lipinski definition) is 3. The predicted molar refractivity (Wildman–Crippen MR) is 85.0 cm³/mol. The van der Waals surface area contributed by atoms with E-state index in [2.05, 4.69) is 5.32 Å². The van der Waals surface area contributed by atoms with Crippen molar-refractivity contribution in [1.82, 2.24) is 0 Å². The van der Waals surface area contributed by atoms with Crippen LogP contribution >= 0.6 is 0 Å². The van der Waals surface area contributed by atoms with E-state index >= 15 is 0 Å². The lowest BCUT2D eigenvalue weighted by Gasteiger charge is -2.12. The highest BCUT2D eigenvalue weighted by molar-refractivity contribution is 5.95. The summed E-state index contributed by atoms with van der Waals surface area (Å²) in [6, 6.07) is 12.2. The molecule has 5 nitrogen and oxygen atoms in total. The number of ether oxygens (including phenoxy) is 1. The van der Waals surface area contributed by atoms with E-state index in [1.165, 1.54) is 0 Å². The van der Waals surface area contributed by atoms with Gasteiger partial charge in [0.1, 0.15) is 5.75 Å². The number of nitrogens with two attached hydrogens (primary N) is 1. The first-order chi connectivity index (χ1) is 10.5. The molecule has 5 heteroatoms. The van der Waals surface area contributed by atoms with Gasteiger partial charge in [-0.3, -0.25) is 9.59 Å². The highest BCUT2D eigenvalue weighted by Crippen LogP contribution is 2.22. The maximum atomic E-state index is 11.9. The molecular formula is C17H18N2O3. The summed E-state index contributed by atoms with van der Waals surface area (Å²) < 4.78 is 5.58. The Kier molecular flexibility index (Phi) is 4.78. The highest BCUT2D eigenvalue weighted by atomic mass is 16.5. The van der Waals surface area contributed by atoms with Crippen LogP contribution in [0.4, 0.5) is 5.69 Å². The molecule has 0 aliphatic rings. The van der Waals surface area contributed by atoms with Gasteiger partial charge < -0.3 is 15.8 Å². The van der Waals surface area contributed by atoms with Gasteiger partial charge in [0.25, 0.3) is 5.91 Å². The summed E-state index contributed by atoms with van der Waals surface area (Å²) in [5.41, 5.74) is 8.11. The lowest BCUT2D eigenvalue weighted by molar-refractivity contribution is -0.118. The minimum absolute atomic E-state index is 0.0801. The van der Waals surface area contributed by atoms with Crippen LogP contribution in [-0.2, 0) is 4.79 Å². The first kappa shape index (κ1) is 15.6. The average Bonchev–Trinajstić information content (AvgIpc) is 2.47. The average molecular weight is 298 g/mol. The molecule has 2 aromatic carbocycles. The number of primary amides is 1. The molecule has 0 radical (unpaired) electrons. The van der Waals surface area contributed by atoms with Crippen molar-refractivity contribution >= 4 is 17.5 Å². The molecule has 0 heterocycles. The highest BCUT2D eigenvalue weighted by Gasteiger charge is 2.08. The van der Waals surface area contributed by atoms with Crippen LogP contribution in [0.2, 0.25) is 0 Å². The summed E-state index contributed by atoms with van der Waals surface area (Å²) in [4.78, 5) is 22.9. The molecular weight excluding hydrogens is 280 g/mol. The zero-order chi connectivity index (χ0) is 16.1. The Morgan fingerprint density at radius 3 is 2.18 bits per heavy atom. The Balaban J connectivity index is 1.94. The van der Waals surface area contributed by atoms with Crippen molar-refractivity contribution in [1.29, 1.82) is 0 Å². The summed E-state index contributed by atoms with van der Waals surface area (Å²) in [5, 5.41) is 2.70. The monoisotopic (exact) mass is 298 g/mol. The molecule has 0 unspecified atom stereocenters. The maximum absolute atomic E-state index is 11.9. The fourth-order valence-electron chi connectivity index (χ4n) is 2.08. The summed E-state index contributed by atoms with van der Waals surface area (Å²) in [5.74, 6) is -0.0487. The first-order valence-corrected chi connectivity index (χ1v) is 6.86. The zero-order valence-corrected chi connectivity index (χ0v) is 12.6. The number of carbonyl (C=O) groups excluding carboxylic acids is 2. The van der Waals surface area contributed by atoms with Gasteiger partial charge in [-0.05, 0) is 49.2 Å². The number of amides is 2. The van der Waals surface area contributed by atoms with Crippen molar-refractivity contribution in [3.63, 3.8) is 0 Å². The molecule has 0 saturated heterocycles. The van der Waals surface area contributed by atoms with Crippen molar-refractivity contribution < 1.29 is 14.3 Å². The second-order valence-corrected chi connectivity index (χ2v) is 5.00. The molecule has 0 fully saturated rings. The number of anilines is 1. The van der Waals surface area contributed by atoms with Crippen molar-refractivity contribution in [2.24, 2.45) is 5.73 Å². The van der Waals surface area contributed by atoms with E-state index in [0.29, 0.717) is 11.3 Å². The fraction of sp³-hybridized carbons (Fsp3) is 0.176. The van der Waals surface area contributed by atoms with Gasteiger partial charge in [0.05, 0.1) is 0 Å². The third-order valence-corrected chi connectivity index (χ3v) is 3.21. The van der Waals surface area contributed by atoms with Crippen molar-refractivity contribution in [3.05, 3.63) is 59.2 Å². The fourth-order valence-corrected chi connectivity index (χ4v) is 2.08. The SMILES string of the molecule is Cc1cccc(C)c1OCC(=O)Nc1ccc(C(N)=O)cc1. The zero-order valence-electron chi connectivity index (χ0n) is 12.6. The number of benzene rings is 2. The Bertz CT molecular complexity index is 673. The van der Waals surface area contributed by atoms with Gasteiger partial charge in [-0.1, -0.05) is 18.2 Å². The van der Waals surface area contributed by atoms with Gasteiger partial charge in [0, 0.05) is 11.3 Å². The number of rotatable bonds is 5. The molecule has 114 valence electrons. The minimum atomic E-state index is -0.503. The second kappa shape index (κ2) is 6.76. The van der Waals surface area contributed by atoms with Crippen LogP contribution in [0.5, 0.6) is 5.75 Å². The van der Waals surface area contributed by atoms with Gasteiger partial charge in [0.15, 0.2) is 6.61 Å². The van der Waals surface area contributed by atoms with Crippen LogP contribution in [0.1, 0.15) is 21.5 Å². The normalized spacial score (nSPS) is 10.1. The molecule has 3 N–H and O–H groups in total. The molecule has 2 aromatic rings. The van der Waals surface area contributed by atoms with Gasteiger partial charge in [0.2, 0.25) is 5.91 Å². The molecule has 22 heavy (non-hydrogen) atoms. The van der Waals surface area contributed by atoms with Crippen molar-refractivity contribution in [2.75, 3.05) is 11.9 Å². The van der Waals surface area contributed by atoms with Crippen LogP contribution in [-0.4, -0.2) is 18.4 Å². The largest absolute Gasteiger partial charge is 0.483 e. The Hall–Kier alpha value is -2.82. The standard InChI is InChI=1S/C17H18N2O3/c1-11-4-3-5-12(2)16(11)22-10-15(20)19-14-8-6-13(7-9-14)17(18)21/h3-9H,10H2,1-2H3,(H2,18,21)(H,19,20). The molecule has 0 atom stereocenters. The van der Waals surface area contributed by atoms with Crippen molar-refractivity contribution in [2.45, 2.75) is 13.8 Å². The third kappa shape index (κ3) is 3.85.